The van der Waals surface area contributed by atoms with Gasteiger partial charge in [-0.05, 0) is 25.7 Å². The molecule has 1 fully saturated rings. The Balaban J connectivity index is 1.97. The fourth-order valence-corrected chi connectivity index (χ4v) is 2.96. The van der Waals surface area contributed by atoms with Crippen LogP contribution < -0.4 is 4.90 Å². The average Bonchev–Trinajstić information content (AvgIpc) is 2.49. The Morgan fingerprint density at radius 3 is 2.76 bits per heavy atom. The first-order chi connectivity index (χ1) is 10.0. The van der Waals surface area contributed by atoms with Crippen molar-refractivity contribution < 1.29 is 9.53 Å². The quantitative estimate of drug-likeness (QED) is 0.793. The highest BCUT2D eigenvalue weighted by Crippen LogP contribution is 2.30. The molecular weight excluding hydrogens is 313 g/mol. The molecule has 21 heavy (non-hydrogen) atoms. The third kappa shape index (κ3) is 3.98. The molecule has 1 saturated heterocycles. The highest BCUT2D eigenvalue weighted by atomic mass is 35.5. The first kappa shape index (κ1) is 16.3. The molecule has 116 valence electrons. The molecule has 0 aliphatic carbocycles. The number of hydrogen-bond donors (Lipinski definition) is 0. The second kappa shape index (κ2) is 7.27. The Hall–Kier alpha value is -1.07. The summed E-state index contributed by atoms with van der Waals surface area (Å²) in [7, 11) is 0. The van der Waals surface area contributed by atoms with Gasteiger partial charge < -0.3 is 9.64 Å². The van der Waals surface area contributed by atoms with Crippen LogP contribution in [0.5, 0.6) is 0 Å². The van der Waals surface area contributed by atoms with Gasteiger partial charge >= 0.3 is 5.97 Å². The highest BCUT2D eigenvalue weighted by molar-refractivity contribution is 6.33. The lowest BCUT2D eigenvalue weighted by atomic mass is 9.85. The van der Waals surface area contributed by atoms with Crippen LogP contribution in [-0.4, -0.2) is 35.6 Å². The summed E-state index contributed by atoms with van der Waals surface area (Å²) in [6.07, 6.45) is 3.22. The van der Waals surface area contributed by atoms with E-state index >= 15 is 0 Å². The van der Waals surface area contributed by atoms with Gasteiger partial charge in [0.25, 0.3) is 0 Å². The monoisotopic (exact) mass is 331 g/mol. The molecule has 1 aromatic heterocycles. The largest absolute Gasteiger partial charge is 0.466 e. The van der Waals surface area contributed by atoms with Crippen LogP contribution in [0.25, 0.3) is 0 Å². The molecule has 1 aromatic rings. The van der Waals surface area contributed by atoms with Crippen LogP contribution in [0, 0.1) is 11.8 Å². The molecule has 1 unspecified atom stereocenters. The fourth-order valence-electron chi connectivity index (χ4n) is 2.62. The van der Waals surface area contributed by atoms with Gasteiger partial charge in [0.1, 0.15) is 5.15 Å². The van der Waals surface area contributed by atoms with E-state index in [9.17, 15) is 4.79 Å². The number of esters is 1. The van der Waals surface area contributed by atoms with E-state index in [-0.39, 0.29) is 11.9 Å². The van der Waals surface area contributed by atoms with E-state index in [1.807, 2.05) is 13.8 Å². The zero-order valence-electron chi connectivity index (χ0n) is 12.2. The van der Waals surface area contributed by atoms with E-state index in [0.29, 0.717) is 28.6 Å². The van der Waals surface area contributed by atoms with Gasteiger partial charge in [0.2, 0.25) is 0 Å². The van der Waals surface area contributed by atoms with E-state index in [1.165, 1.54) is 6.20 Å². The minimum Gasteiger partial charge on any atom is -0.466 e. The van der Waals surface area contributed by atoms with Crippen LogP contribution in [0.1, 0.15) is 26.7 Å². The van der Waals surface area contributed by atoms with Crippen molar-refractivity contribution in [2.75, 3.05) is 24.6 Å². The predicted molar refractivity (Wildman–Crippen MR) is 82.8 cm³/mol. The maximum absolute atomic E-state index is 11.8. The molecule has 1 atom stereocenters. The predicted octanol–water partition coefficient (Wildman–Crippen LogP) is 3.20. The number of anilines is 1. The number of carbonyl (C=O) groups is 1. The molecule has 0 radical (unpaired) electrons. The number of rotatable bonds is 4. The van der Waals surface area contributed by atoms with Crippen molar-refractivity contribution in [2.45, 2.75) is 26.7 Å². The van der Waals surface area contributed by atoms with Crippen LogP contribution in [0.2, 0.25) is 10.3 Å². The summed E-state index contributed by atoms with van der Waals surface area (Å²) < 4.78 is 5.09. The molecule has 1 aliphatic heterocycles. The number of hydrogen-bond acceptors (Lipinski definition) is 5. The van der Waals surface area contributed by atoms with Crippen LogP contribution in [-0.2, 0) is 9.53 Å². The summed E-state index contributed by atoms with van der Waals surface area (Å²) in [5, 5.41) is 0.688. The Morgan fingerprint density at radius 2 is 2.14 bits per heavy atom. The van der Waals surface area contributed by atoms with Gasteiger partial charge in [0, 0.05) is 13.1 Å². The third-order valence-electron chi connectivity index (χ3n) is 3.89. The second-order valence-corrected chi connectivity index (χ2v) is 5.92. The Morgan fingerprint density at radius 1 is 1.48 bits per heavy atom. The van der Waals surface area contributed by atoms with Crippen molar-refractivity contribution in [3.05, 3.63) is 16.5 Å². The summed E-state index contributed by atoms with van der Waals surface area (Å²) in [6.45, 7) is 5.75. The van der Waals surface area contributed by atoms with Gasteiger partial charge in [-0.15, -0.1) is 0 Å². The van der Waals surface area contributed by atoms with Crippen LogP contribution in [0.3, 0.4) is 0 Å². The number of nitrogens with zero attached hydrogens (tertiary/aromatic N) is 3. The summed E-state index contributed by atoms with van der Waals surface area (Å²) in [5.74, 6) is 0.752. The molecule has 0 bridgehead atoms. The molecule has 0 amide bonds. The van der Waals surface area contributed by atoms with Gasteiger partial charge in [-0.25, -0.2) is 9.97 Å². The summed E-state index contributed by atoms with van der Waals surface area (Å²) in [6, 6.07) is 0. The molecule has 1 aliphatic rings. The van der Waals surface area contributed by atoms with E-state index in [0.717, 1.165) is 25.9 Å². The minimum atomic E-state index is -0.114. The average molecular weight is 332 g/mol. The first-order valence-corrected chi connectivity index (χ1v) is 7.88. The van der Waals surface area contributed by atoms with E-state index < -0.39 is 0 Å². The number of carbonyl (C=O) groups excluding carboxylic acids is 1. The molecule has 0 spiro atoms. The number of halogens is 2. The smallest absolute Gasteiger partial charge is 0.308 e. The maximum Gasteiger partial charge on any atom is 0.308 e. The topological polar surface area (TPSA) is 55.3 Å². The van der Waals surface area contributed by atoms with Crippen molar-refractivity contribution in [3.8, 4) is 0 Å². The van der Waals surface area contributed by atoms with Gasteiger partial charge in [0.05, 0.1) is 18.7 Å². The van der Waals surface area contributed by atoms with Crippen LogP contribution >= 0.6 is 23.2 Å². The van der Waals surface area contributed by atoms with E-state index in [4.69, 9.17) is 27.9 Å². The third-order valence-corrected chi connectivity index (χ3v) is 4.34. The zero-order valence-corrected chi connectivity index (χ0v) is 13.7. The minimum absolute atomic E-state index is 0.0759. The van der Waals surface area contributed by atoms with E-state index in [1.54, 1.807) is 0 Å². The maximum atomic E-state index is 11.8. The van der Waals surface area contributed by atoms with Gasteiger partial charge in [0.15, 0.2) is 11.0 Å². The number of ether oxygens (including phenoxy) is 1. The molecule has 5 nitrogen and oxygen atoms in total. The molecular formula is C14H19Cl2N3O2. The molecule has 0 aromatic carbocycles. The lowest BCUT2D eigenvalue weighted by Crippen LogP contribution is -2.38. The number of piperidine rings is 1. The van der Waals surface area contributed by atoms with E-state index in [2.05, 4.69) is 14.9 Å². The second-order valence-electron chi connectivity index (χ2n) is 5.17. The standard InChI is InChI=1S/C14H19Cl2N3O2/c1-3-21-14(20)9(2)10-4-6-19(7-5-10)13-12(16)17-8-11(15)18-13/h8-10H,3-7H2,1-2H3. The summed E-state index contributed by atoms with van der Waals surface area (Å²) in [5.41, 5.74) is 0. The molecule has 2 rings (SSSR count). The molecule has 0 N–H and O–H groups in total. The lowest BCUT2D eigenvalue weighted by Gasteiger charge is -2.34. The Kier molecular flexibility index (Phi) is 5.65. The molecule has 7 heteroatoms. The normalized spacial score (nSPS) is 17.6. The lowest BCUT2D eigenvalue weighted by molar-refractivity contribution is -0.149. The number of aromatic nitrogens is 2. The molecule has 2 heterocycles. The summed E-state index contributed by atoms with van der Waals surface area (Å²) in [4.78, 5) is 22.1. The van der Waals surface area contributed by atoms with Crippen molar-refractivity contribution in [2.24, 2.45) is 11.8 Å². The molecule has 0 saturated carbocycles. The summed E-state index contributed by atoms with van der Waals surface area (Å²) >= 11 is 11.9. The highest BCUT2D eigenvalue weighted by Gasteiger charge is 2.30. The Labute approximate surface area is 134 Å². The first-order valence-electron chi connectivity index (χ1n) is 7.12. The van der Waals surface area contributed by atoms with Crippen molar-refractivity contribution in [1.29, 1.82) is 0 Å². The van der Waals surface area contributed by atoms with Crippen LogP contribution in [0.4, 0.5) is 5.82 Å². The van der Waals surface area contributed by atoms with Gasteiger partial charge in [-0.2, -0.15) is 0 Å². The van der Waals surface area contributed by atoms with Gasteiger partial charge in [-0.1, -0.05) is 30.1 Å². The fraction of sp³-hybridized carbons (Fsp3) is 0.643. The zero-order chi connectivity index (χ0) is 15.4. The van der Waals surface area contributed by atoms with Gasteiger partial charge in [-0.3, -0.25) is 4.79 Å². The van der Waals surface area contributed by atoms with Crippen molar-refractivity contribution in [1.82, 2.24) is 9.97 Å². The van der Waals surface area contributed by atoms with Crippen molar-refractivity contribution in [3.63, 3.8) is 0 Å². The van der Waals surface area contributed by atoms with Crippen molar-refractivity contribution >= 4 is 35.0 Å². The SMILES string of the molecule is CCOC(=O)C(C)C1CCN(c2nc(Cl)cnc2Cl)CC1. The Bertz CT molecular complexity index is 505. The van der Waals surface area contributed by atoms with Crippen LogP contribution in [0.15, 0.2) is 6.20 Å².